The molecule has 4 rings (SSSR count). The quantitative estimate of drug-likeness (QED) is 0.278. The lowest BCUT2D eigenvalue weighted by Gasteiger charge is -2.21. The Morgan fingerprint density at radius 2 is 1.84 bits per heavy atom. The van der Waals surface area contributed by atoms with Crippen LogP contribution in [0.15, 0.2) is 78.2 Å². The summed E-state index contributed by atoms with van der Waals surface area (Å²) >= 11 is 0. The summed E-state index contributed by atoms with van der Waals surface area (Å²) in [6.07, 6.45) is 4.21. The van der Waals surface area contributed by atoms with Crippen LogP contribution in [-0.4, -0.2) is 30.9 Å². The molecule has 0 radical (unpaired) electrons. The Balaban J connectivity index is 1.72. The normalized spacial score (nSPS) is 12.7. The van der Waals surface area contributed by atoms with E-state index in [1.807, 2.05) is 38.4 Å². The van der Waals surface area contributed by atoms with E-state index in [1.165, 1.54) is 11.1 Å². The third-order valence-corrected chi connectivity index (χ3v) is 5.52. The Labute approximate surface area is 181 Å². The molecule has 2 heterocycles. The van der Waals surface area contributed by atoms with Crippen molar-refractivity contribution >= 4 is 5.71 Å². The summed E-state index contributed by atoms with van der Waals surface area (Å²) in [5.74, 6) is 0.0384. The van der Waals surface area contributed by atoms with Crippen molar-refractivity contribution in [1.29, 1.82) is 0 Å². The Kier molecular flexibility index (Phi) is 5.89. The number of rotatable bonds is 6. The van der Waals surface area contributed by atoms with Gasteiger partial charge in [0.15, 0.2) is 0 Å². The molecule has 0 saturated heterocycles. The van der Waals surface area contributed by atoms with Crippen molar-refractivity contribution < 1.29 is 5.21 Å². The maximum absolute atomic E-state index is 9.83. The molecule has 4 aromatic rings. The van der Waals surface area contributed by atoms with Crippen molar-refractivity contribution in [2.75, 3.05) is 0 Å². The van der Waals surface area contributed by atoms with Crippen molar-refractivity contribution in [3.05, 3.63) is 101 Å². The summed E-state index contributed by atoms with van der Waals surface area (Å²) < 4.78 is 1.69. The number of nitrogens with zero attached hydrogens (tertiary/aromatic N) is 5. The van der Waals surface area contributed by atoms with E-state index < -0.39 is 0 Å². The minimum atomic E-state index is 0.0384. The van der Waals surface area contributed by atoms with Crippen molar-refractivity contribution in [2.24, 2.45) is 12.2 Å². The van der Waals surface area contributed by atoms with E-state index in [2.05, 4.69) is 69.8 Å². The molecule has 0 aliphatic heterocycles. The molecule has 1 unspecified atom stereocenters. The first-order valence-corrected chi connectivity index (χ1v) is 10.2. The third-order valence-electron chi connectivity index (χ3n) is 5.52. The lowest BCUT2D eigenvalue weighted by molar-refractivity contribution is 0.317. The fourth-order valence-electron chi connectivity index (χ4n) is 3.89. The Bertz CT molecular complexity index is 1210. The molecular weight excluding hydrogens is 386 g/mol. The average Bonchev–Trinajstić information content (AvgIpc) is 3.22. The number of aromatic nitrogens is 4. The van der Waals surface area contributed by atoms with Gasteiger partial charge in [-0.3, -0.25) is 9.67 Å². The smallest absolute Gasteiger partial charge is 0.113 e. The molecule has 156 valence electrons. The fourth-order valence-corrected chi connectivity index (χ4v) is 3.89. The third kappa shape index (κ3) is 4.53. The second kappa shape index (κ2) is 8.92. The lowest BCUT2D eigenvalue weighted by Crippen LogP contribution is -2.12. The minimum Gasteiger partial charge on any atom is -0.411 e. The van der Waals surface area contributed by atoms with E-state index in [9.17, 15) is 5.21 Å². The average molecular weight is 412 g/mol. The fraction of sp³-hybridized carbons (Fsp3) is 0.200. The molecule has 0 aliphatic rings. The molecule has 0 spiro atoms. The van der Waals surface area contributed by atoms with Crippen LogP contribution in [0, 0.1) is 13.8 Å². The maximum atomic E-state index is 9.83. The highest BCUT2D eigenvalue weighted by Crippen LogP contribution is 2.33. The minimum absolute atomic E-state index is 0.0384. The van der Waals surface area contributed by atoms with Gasteiger partial charge < -0.3 is 5.21 Å². The van der Waals surface area contributed by atoms with Gasteiger partial charge in [-0.15, -0.1) is 5.10 Å². The van der Waals surface area contributed by atoms with Crippen LogP contribution in [0.4, 0.5) is 0 Å². The van der Waals surface area contributed by atoms with Crippen molar-refractivity contribution in [2.45, 2.75) is 26.2 Å². The van der Waals surface area contributed by atoms with E-state index in [-0.39, 0.29) is 5.92 Å². The molecule has 6 heteroatoms. The standard InChI is InChI=1S/C25H25N5O/c1-17-6-4-5-7-22(17)23(15-24(28-31)21-12-13-26-18(2)14-21)19-8-10-20(11-9-19)25-16-30(3)29-27-25/h4-14,16,23,31H,15H2,1-3H3/b28-24-. The summed E-state index contributed by atoms with van der Waals surface area (Å²) in [5.41, 5.74) is 7.82. The molecule has 0 aliphatic carbocycles. The van der Waals surface area contributed by atoms with Gasteiger partial charge in [0.05, 0.1) is 11.9 Å². The van der Waals surface area contributed by atoms with Crippen LogP contribution in [0.25, 0.3) is 11.3 Å². The van der Waals surface area contributed by atoms with Crippen LogP contribution < -0.4 is 0 Å². The predicted octanol–water partition coefficient (Wildman–Crippen LogP) is 4.89. The zero-order chi connectivity index (χ0) is 21.8. The SMILES string of the molecule is Cc1cc(/C(CC(c2ccc(-c3cn(C)nn3)cc2)c2ccccc2C)=N\O)ccn1. The first-order chi connectivity index (χ1) is 15.0. The molecule has 31 heavy (non-hydrogen) atoms. The molecule has 2 aromatic carbocycles. The first-order valence-electron chi connectivity index (χ1n) is 10.2. The van der Waals surface area contributed by atoms with Crippen LogP contribution >= 0.6 is 0 Å². The molecule has 0 bridgehead atoms. The van der Waals surface area contributed by atoms with E-state index >= 15 is 0 Å². The summed E-state index contributed by atoms with van der Waals surface area (Å²) in [6.45, 7) is 4.05. The van der Waals surface area contributed by atoms with E-state index in [1.54, 1.807) is 10.9 Å². The molecule has 0 saturated carbocycles. The van der Waals surface area contributed by atoms with Gasteiger partial charge in [0.25, 0.3) is 0 Å². The zero-order valence-corrected chi connectivity index (χ0v) is 17.9. The van der Waals surface area contributed by atoms with Crippen molar-refractivity contribution in [3.63, 3.8) is 0 Å². The van der Waals surface area contributed by atoms with Gasteiger partial charge in [-0.2, -0.15) is 0 Å². The molecule has 0 fully saturated rings. The van der Waals surface area contributed by atoms with Gasteiger partial charge in [-0.05, 0) is 42.7 Å². The second-order valence-corrected chi connectivity index (χ2v) is 7.75. The highest BCUT2D eigenvalue weighted by Gasteiger charge is 2.20. The number of hydrogen-bond acceptors (Lipinski definition) is 5. The van der Waals surface area contributed by atoms with Crippen molar-refractivity contribution in [3.8, 4) is 11.3 Å². The molecule has 6 nitrogen and oxygen atoms in total. The van der Waals surface area contributed by atoms with Crippen LogP contribution in [0.1, 0.15) is 40.3 Å². The van der Waals surface area contributed by atoms with Gasteiger partial charge in [0.2, 0.25) is 0 Å². The highest BCUT2D eigenvalue weighted by molar-refractivity contribution is 6.01. The Morgan fingerprint density at radius 3 is 2.48 bits per heavy atom. The molecule has 1 N–H and O–H groups in total. The van der Waals surface area contributed by atoms with Crippen molar-refractivity contribution in [1.82, 2.24) is 20.0 Å². The largest absolute Gasteiger partial charge is 0.411 e. The number of oxime groups is 1. The van der Waals surface area contributed by atoms with Gasteiger partial charge in [-0.25, -0.2) is 0 Å². The first kappa shape index (κ1) is 20.5. The zero-order valence-electron chi connectivity index (χ0n) is 17.9. The van der Waals surface area contributed by atoms with E-state index in [0.717, 1.165) is 28.1 Å². The van der Waals surface area contributed by atoms with Gasteiger partial charge in [0.1, 0.15) is 5.69 Å². The van der Waals surface area contributed by atoms with Crippen LogP contribution in [0.5, 0.6) is 0 Å². The van der Waals surface area contributed by atoms with Gasteiger partial charge >= 0.3 is 0 Å². The van der Waals surface area contributed by atoms with Gasteiger partial charge in [-0.1, -0.05) is 58.9 Å². The molecule has 1 atom stereocenters. The summed E-state index contributed by atoms with van der Waals surface area (Å²) in [7, 11) is 1.86. The summed E-state index contributed by atoms with van der Waals surface area (Å²) in [5, 5.41) is 21.7. The topological polar surface area (TPSA) is 76.2 Å². The van der Waals surface area contributed by atoms with Crippen LogP contribution in [0.3, 0.4) is 0 Å². The summed E-state index contributed by atoms with van der Waals surface area (Å²) in [6, 6.07) is 20.5. The molecular formula is C25H25N5O. The number of pyridine rings is 1. The maximum Gasteiger partial charge on any atom is 0.113 e. The van der Waals surface area contributed by atoms with Gasteiger partial charge in [0, 0.05) is 42.4 Å². The second-order valence-electron chi connectivity index (χ2n) is 7.75. The Hall–Kier alpha value is -3.80. The van der Waals surface area contributed by atoms with Crippen LogP contribution in [0.2, 0.25) is 0 Å². The highest BCUT2D eigenvalue weighted by atomic mass is 16.4. The van der Waals surface area contributed by atoms with E-state index in [0.29, 0.717) is 12.1 Å². The molecule has 0 amide bonds. The Morgan fingerprint density at radius 1 is 1.06 bits per heavy atom. The predicted molar refractivity (Wildman–Crippen MR) is 121 cm³/mol. The summed E-state index contributed by atoms with van der Waals surface area (Å²) in [4.78, 5) is 4.26. The lowest BCUT2D eigenvalue weighted by atomic mass is 9.83. The monoisotopic (exact) mass is 411 g/mol. The molecule has 2 aromatic heterocycles. The van der Waals surface area contributed by atoms with Crippen LogP contribution in [-0.2, 0) is 7.05 Å². The number of aryl methyl sites for hydroxylation is 3. The number of benzene rings is 2. The van der Waals surface area contributed by atoms with E-state index in [4.69, 9.17) is 0 Å². The number of hydrogen-bond donors (Lipinski definition) is 1.